The predicted molar refractivity (Wildman–Crippen MR) is 195 cm³/mol. The van der Waals surface area contributed by atoms with Gasteiger partial charge in [-0.2, -0.15) is 5.10 Å². The molecular formula is C26H39N5O9P4S2. The summed E-state index contributed by atoms with van der Waals surface area (Å²) in [5, 5.41) is 8.76. The number of rotatable bonds is 16. The van der Waals surface area contributed by atoms with Crippen molar-refractivity contribution >= 4 is 66.1 Å². The Balaban J connectivity index is 1.54. The summed E-state index contributed by atoms with van der Waals surface area (Å²) in [5.41, 5.74) is 1.96. The molecule has 3 atom stereocenters. The second kappa shape index (κ2) is 17.3. The Hall–Kier alpha value is -2.12. The number of hydrogen-bond donors (Lipinski definition) is 6. The van der Waals surface area contributed by atoms with E-state index in [0.717, 1.165) is 21.8 Å². The number of nitrogens with zero attached hydrogens (tertiary/aromatic N) is 5. The number of methoxy groups -OCH3 is 1. The maximum atomic E-state index is 9.98. The predicted octanol–water partition coefficient (Wildman–Crippen LogP) is 3.23. The first-order valence-electron chi connectivity index (χ1n) is 13.4. The molecule has 3 aromatic carbocycles. The molecule has 46 heavy (non-hydrogen) atoms. The van der Waals surface area contributed by atoms with Crippen LogP contribution in [0.3, 0.4) is 0 Å². The molecule has 0 amide bonds. The van der Waals surface area contributed by atoms with Crippen LogP contribution in [0.5, 0.6) is 17.2 Å². The van der Waals surface area contributed by atoms with Gasteiger partial charge in [-0.3, -0.25) is 0 Å². The molecule has 14 nitrogen and oxygen atoms in total. The number of hydrogen-bond acceptors (Lipinski definition) is 14. The molecule has 0 fully saturated rings. The molecule has 0 bridgehead atoms. The van der Waals surface area contributed by atoms with E-state index in [-0.39, 0.29) is 5.56 Å². The van der Waals surface area contributed by atoms with Crippen LogP contribution in [0.15, 0.2) is 83.0 Å². The van der Waals surface area contributed by atoms with E-state index in [1.807, 2.05) is 36.4 Å². The molecule has 0 radical (unpaired) electrons. The van der Waals surface area contributed by atoms with Crippen LogP contribution in [-0.2, 0) is 23.6 Å². The van der Waals surface area contributed by atoms with Gasteiger partial charge < -0.3 is 9.26 Å². The Morgan fingerprint density at radius 2 is 1.09 bits per heavy atom. The van der Waals surface area contributed by atoms with Crippen LogP contribution in [0.25, 0.3) is 0 Å². The van der Waals surface area contributed by atoms with Gasteiger partial charge in [0.05, 0.1) is 13.3 Å². The van der Waals surface area contributed by atoms with E-state index in [0.29, 0.717) is 11.5 Å². The molecule has 3 rings (SSSR count). The fraction of sp³-hybridized carbons (Fsp3) is 0.231. The molecule has 0 aliphatic heterocycles. The third-order valence-electron chi connectivity index (χ3n) is 6.16. The summed E-state index contributed by atoms with van der Waals surface area (Å²) in [5.74, 6) is 0.382. The van der Waals surface area contributed by atoms with Crippen molar-refractivity contribution in [1.82, 2.24) is 14.5 Å². The maximum absolute atomic E-state index is 9.98. The molecule has 3 unspecified atom stereocenters. The molecule has 0 heterocycles. The molecule has 0 aliphatic rings. The van der Waals surface area contributed by atoms with Crippen molar-refractivity contribution in [1.29, 1.82) is 0 Å². The third kappa shape index (κ3) is 12.5. The summed E-state index contributed by atoms with van der Waals surface area (Å²) >= 11 is 11.0. The van der Waals surface area contributed by atoms with E-state index >= 15 is 0 Å². The van der Waals surface area contributed by atoms with Crippen molar-refractivity contribution in [3.8, 4) is 17.2 Å². The average molecular weight is 754 g/mol. The molecule has 0 aromatic heterocycles. The standard InChI is InChI=1S/C26H39N5O9P4S2/c1-29(19-43(32,33)34)26(44(35,36)37)22-9-15-25(16-10-22)40-42(46)31(3)28-18-21-7-13-24(14-8-21)39-41(45)30(2)27-17-20-5-11-23(38-4)12-6-20/h5-18,26,32-37,41-44H,19H2,1-4H3/b27-17+,28-18+. The van der Waals surface area contributed by atoms with Crippen molar-refractivity contribution in [3.05, 3.63) is 89.5 Å². The zero-order valence-electron chi connectivity index (χ0n) is 25.3. The minimum absolute atomic E-state index is 0.265. The van der Waals surface area contributed by atoms with Crippen LogP contribution >= 0.6 is 30.0 Å². The molecule has 0 saturated heterocycles. The molecule has 3 aromatic rings. The Labute approximate surface area is 280 Å². The van der Waals surface area contributed by atoms with Crippen molar-refractivity contribution in [2.24, 2.45) is 10.2 Å². The molecule has 0 spiro atoms. The van der Waals surface area contributed by atoms with Gasteiger partial charge in [-0.05, 0) is 53.8 Å². The number of benzene rings is 3. The van der Waals surface area contributed by atoms with Gasteiger partial charge in [-0.25, -0.2) is 4.78 Å². The summed E-state index contributed by atoms with van der Waals surface area (Å²) in [4.78, 5) is 59.2. The Morgan fingerprint density at radius 1 is 0.696 bits per heavy atom. The SMILES string of the molecule is COc1ccc(/C=N/N(C)[PH](=S)Oc2ccc(/C=N/N(C)[PH](=S)Oc3ccc(C(N(C)C[PH](O)(O)O)[PH](O)(O)O)cc3)cc2)cc1. The van der Waals surface area contributed by atoms with E-state index in [2.05, 4.69) is 10.2 Å². The normalized spacial score (nSPS) is 15.0. The Morgan fingerprint density at radius 3 is 1.46 bits per heavy atom. The van der Waals surface area contributed by atoms with E-state index in [9.17, 15) is 29.4 Å². The zero-order valence-corrected chi connectivity index (χ0v) is 31.0. The molecule has 6 N–H and O–H groups in total. The fourth-order valence-corrected chi connectivity index (χ4v) is 8.42. The van der Waals surface area contributed by atoms with Crippen molar-refractivity contribution in [2.45, 2.75) is 5.78 Å². The summed E-state index contributed by atoms with van der Waals surface area (Å²) in [6.45, 7) is 0. The van der Waals surface area contributed by atoms with Gasteiger partial charge in [-0.1, -0.05) is 0 Å². The quantitative estimate of drug-likeness (QED) is 0.0713. The number of hydrazone groups is 2. The van der Waals surface area contributed by atoms with Crippen LogP contribution in [0.4, 0.5) is 0 Å². The van der Waals surface area contributed by atoms with Crippen LogP contribution in [0, 0.1) is 0 Å². The monoisotopic (exact) mass is 753 g/mol. The second-order valence-electron chi connectivity index (χ2n) is 9.96. The zero-order chi connectivity index (χ0) is 34.1. The summed E-state index contributed by atoms with van der Waals surface area (Å²) < 4.78 is 20.1. The molecule has 0 saturated carbocycles. The smallest absolute Gasteiger partial charge is 0.0497 e. The van der Waals surface area contributed by atoms with Crippen LogP contribution in [0.1, 0.15) is 22.5 Å². The van der Waals surface area contributed by atoms with Crippen molar-refractivity contribution in [2.75, 3.05) is 34.5 Å². The van der Waals surface area contributed by atoms with Crippen molar-refractivity contribution < 1.29 is 43.1 Å². The molecule has 254 valence electrons. The molecule has 0 aliphatic carbocycles. The summed E-state index contributed by atoms with van der Waals surface area (Å²) in [6.07, 6.45) is 2.69. The third-order valence-corrected chi connectivity index (χ3v) is 12.8. The first kappa shape index (κ1) is 38.3. The van der Waals surface area contributed by atoms with Gasteiger partial charge in [-0.15, -0.1) is 0 Å². The summed E-state index contributed by atoms with van der Waals surface area (Å²) in [6, 6.07) is 20.7. The van der Waals surface area contributed by atoms with Gasteiger partial charge in [0.15, 0.2) is 0 Å². The number of ether oxygens (including phenoxy) is 1. The topological polar surface area (TPSA) is 184 Å². The Bertz CT molecular complexity index is 1530. The van der Waals surface area contributed by atoms with Gasteiger partial charge in [0.1, 0.15) is 11.5 Å². The van der Waals surface area contributed by atoms with Crippen LogP contribution in [0.2, 0.25) is 0 Å². The van der Waals surface area contributed by atoms with Crippen LogP contribution < -0.4 is 13.8 Å². The van der Waals surface area contributed by atoms with Gasteiger partial charge in [0.25, 0.3) is 0 Å². The molecule has 20 heteroatoms. The van der Waals surface area contributed by atoms with Gasteiger partial charge in [0.2, 0.25) is 7.07 Å². The minimum Gasteiger partial charge on any atom is -0.0497 e. The fourth-order valence-electron chi connectivity index (χ4n) is 3.96. The minimum atomic E-state index is -4.83. The van der Waals surface area contributed by atoms with Crippen LogP contribution in [-0.4, -0.2) is 90.8 Å². The van der Waals surface area contributed by atoms with E-state index in [1.54, 1.807) is 50.5 Å². The van der Waals surface area contributed by atoms with E-state index in [4.69, 9.17) is 37.4 Å². The average Bonchev–Trinajstić information content (AvgIpc) is 2.98. The van der Waals surface area contributed by atoms with Gasteiger partial charge in [0, 0.05) is 7.05 Å². The van der Waals surface area contributed by atoms with Gasteiger partial charge >= 0.3 is 169 Å². The first-order chi connectivity index (χ1) is 21.6. The van der Waals surface area contributed by atoms with E-state index in [1.165, 1.54) is 36.1 Å². The molecular weight excluding hydrogens is 714 g/mol. The first-order valence-corrected chi connectivity index (χ1v) is 22.4. The second-order valence-corrected chi connectivity index (χ2v) is 18.6. The van der Waals surface area contributed by atoms with Crippen molar-refractivity contribution in [3.63, 3.8) is 0 Å². The Kier molecular flexibility index (Phi) is 14.4. The van der Waals surface area contributed by atoms with E-state index < -0.39 is 42.1 Å². The summed E-state index contributed by atoms with van der Waals surface area (Å²) in [7, 11) is -6.89.